The maximum absolute atomic E-state index is 14.6. The summed E-state index contributed by atoms with van der Waals surface area (Å²) < 4.78 is 48.0. The van der Waals surface area contributed by atoms with Gasteiger partial charge >= 0.3 is 0 Å². The Morgan fingerprint density at radius 2 is 1.34 bits per heavy atom. The molecular weight excluding hydrogens is 409 g/mol. The van der Waals surface area contributed by atoms with Gasteiger partial charge in [0.15, 0.2) is 11.6 Å². The van der Waals surface area contributed by atoms with Gasteiger partial charge in [0.25, 0.3) is 0 Å². The normalized spacial score (nSPS) is 13.6. The highest BCUT2D eigenvalue weighted by molar-refractivity contribution is 5.53. The molecule has 1 unspecified atom stereocenters. The molecule has 0 saturated heterocycles. The van der Waals surface area contributed by atoms with Crippen molar-refractivity contribution in [3.63, 3.8) is 0 Å². The fourth-order valence-electron chi connectivity index (χ4n) is 2.40. The average molecular weight is 447 g/mol. The molecule has 1 nitrogen and oxygen atoms in total. The van der Waals surface area contributed by atoms with Gasteiger partial charge in [-0.2, -0.15) is 4.39 Å². The number of allylic oxidation sites excluding steroid dienone is 11. The molecule has 0 rings (SSSR count). The molecule has 32 heavy (non-hydrogen) atoms. The van der Waals surface area contributed by atoms with Crippen LogP contribution in [0.5, 0.6) is 0 Å². The summed E-state index contributed by atoms with van der Waals surface area (Å²) in [6.45, 7) is 30.3. The second kappa shape index (κ2) is 14.3. The van der Waals surface area contributed by atoms with E-state index in [4.69, 9.17) is 4.74 Å². The third-order valence-electron chi connectivity index (χ3n) is 4.85. The molecule has 0 aliphatic rings. The SMILES string of the molecule is C=C(/C=C\C(=C)C(=C)/C(F)=C\C(=C)C(C)CCC(C)C)C(=C)/C(F)=C(/F)C(=C)OCCC. The molecule has 0 fully saturated rings. The van der Waals surface area contributed by atoms with E-state index in [0.717, 1.165) is 12.8 Å². The van der Waals surface area contributed by atoms with Crippen LogP contribution in [0.2, 0.25) is 0 Å². The lowest BCUT2D eigenvalue weighted by Crippen LogP contribution is -2.00. The Balaban J connectivity index is 5.15. The lowest BCUT2D eigenvalue weighted by atomic mass is 9.92. The van der Waals surface area contributed by atoms with Crippen LogP contribution in [0.3, 0.4) is 0 Å². The van der Waals surface area contributed by atoms with Crippen molar-refractivity contribution in [2.75, 3.05) is 6.61 Å². The van der Waals surface area contributed by atoms with Crippen LogP contribution >= 0.6 is 0 Å². The molecule has 0 saturated carbocycles. The Morgan fingerprint density at radius 3 is 1.84 bits per heavy atom. The van der Waals surface area contributed by atoms with E-state index in [0.29, 0.717) is 17.9 Å². The number of hydrogen-bond acceptors (Lipinski definition) is 1. The Kier molecular flexibility index (Phi) is 13.1. The Bertz CT molecular complexity index is 850. The maximum Gasteiger partial charge on any atom is 0.200 e. The first-order valence-electron chi connectivity index (χ1n) is 10.7. The molecule has 0 N–H and O–H groups in total. The summed E-state index contributed by atoms with van der Waals surface area (Å²) in [4.78, 5) is 0. The van der Waals surface area contributed by atoms with Crippen LogP contribution in [0.1, 0.15) is 47.0 Å². The zero-order valence-electron chi connectivity index (χ0n) is 20.0. The molecule has 1 atom stereocenters. The summed E-state index contributed by atoms with van der Waals surface area (Å²) in [6, 6.07) is 0. The highest BCUT2D eigenvalue weighted by Gasteiger charge is 2.16. The van der Waals surface area contributed by atoms with Gasteiger partial charge in [0.1, 0.15) is 5.83 Å². The van der Waals surface area contributed by atoms with Gasteiger partial charge in [0, 0.05) is 11.1 Å². The fraction of sp³-hybridized carbons (Fsp3) is 0.357. The molecule has 4 heteroatoms. The highest BCUT2D eigenvalue weighted by Crippen LogP contribution is 2.28. The lowest BCUT2D eigenvalue weighted by molar-refractivity contribution is 0.208. The van der Waals surface area contributed by atoms with E-state index in [1.165, 1.54) is 18.2 Å². The third kappa shape index (κ3) is 10.0. The number of hydrogen-bond donors (Lipinski definition) is 0. The van der Waals surface area contributed by atoms with Gasteiger partial charge in [-0.1, -0.05) is 85.7 Å². The fourth-order valence-corrected chi connectivity index (χ4v) is 2.40. The van der Waals surface area contributed by atoms with Crippen molar-refractivity contribution >= 4 is 0 Å². The van der Waals surface area contributed by atoms with Crippen LogP contribution in [-0.4, -0.2) is 6.61 Å². The first-order chi connectivity index (χ1) is 14.8. The minimum absolute atomic E-state index is 0.0698. The van der Waals surface area contributed by atoms with E-state index in [1.54, 1.807) is 0 Å². The van der Waals surface area contributed by atoms with Crippen molar-refractivity contribution in [3.8, 4) is 0 Å². The first kappa shape index (κ1) is 29.2. The third-order valence-corrected chi connectivity index (χ3v) is 4.85. The Labute approximate surface area is 192 Å². The predicted octanol–water partition coefficient (Wildman–Crippen LogP) is 9.34. The molecule has 0 amide bonds. The quantitative estimate of drug-likeness (QED) is 0.180. The zero-order chi connectivity index (χ0) is 25.0. The van der Waals surface area contributed by atoms with Crippen molar-refractivity contribution in [2.24, 2.45) is 11.8 Å². The smallest absolute Gasteiger partial charge is 0.200 e. The summed E-state index contributed by atoms with van der Waals surface area (Å²) in [5.74, 6) is -2.70. The summed E-state index contributed by atoms with van der Waals surface area (Å²) in [5.41, 5.74) is 0.816. The second-order valence-corrected chi connectivity index (χ2v) is 8.18. The standard InChI is InChI=1S/C28H37F3O/c1-11-16-32-25(10)28(31)27(30)24(9)21(6)15-14-20(5)23(8)26(29)17-22(7)19(4)13-12-18(2)3/h14-15,17-19H,5-13,16H2,1-4H3/b15-14-,26-17+,28-27-. The molecule has 0 aromatic heterocycles. The first-order valence-corrected chi connectivity index (χ1v) is 10.7. The van der Waals surface area contributed by atoms with E-state index < -0.39 is 23.2 Å². The summed E-state index contributed by atoms with van der Waals surface area (Å²) in [7, 11) is 0. The molecule has 0 bridgehead atoms. The van der Waals surface area contributed by atoms with Crippen molar-refractivity contribution in [2.45, 2.75) is 47.0 Å². The van der Waals surface area contributed by atoms with Crippen LogP contribution in [0.15, 0.2) is 109 Å². The van der Waals surface area contributed by atoms with Crippen LogP contribution in [0.4, 0.5) is 13.2 Å². The topological polar surface area (TPSA) is 9.23 Å². The number of ether oxygens (including phenoxy) is 1. The van der Waals surface area contributed by atoms with E-state index in [2.05, 4.69) is 53.3 Å². The predicted molar refractivity (Wildman–Crippen MR) is 132 cm³/mol. The molecule has 0 aliphatic heterocycles. The van der Waals surface area contributed by atoms with Crippen LogP contribution in [0.25, 0.3) is 0 Å². The zero-order valence-corrected chi connectivity index (χ0v) is 20.0. The highest BCUT2D eigenvalue weighted by atomic mass is 19.2. The average Bonchev–Trinajstić information content (AvgIpc) is 2.76. The van der Waals surface area contributed by atoms with Gasteiger partial charge in [-0.25, -0.2) is 8.78 Å². The van der Waals surface area contributed by atoms with Gasteiger partial charge in [-0.05, 0) is 47.5 Å². The van der Waals surface area contributed by atoms with E-state index in [-0.39, 0.29) is 34.8 Å². The van der Waals surface area contributed by atoms with Crippen LogP contribution < -0.4 is 0 Å². The molecular formula is C28H37F3O. The van der Waals surface area contributed by atoms with Crippen LogP contribution in [0, 0.1) is 11.8 Å². The van der Waals surface area contributed by atoms with Gasteiger partial charge < -0.3 is 4.74 Å². The molecule has 0 aliphatic carbocycles. The Morgan fingerprint density at radius 1 is 0.812 bits per heavy atom. The minimum atomic E-state index is -1.24. The van der Waals surface area contributed by atoms with Gasteiger partial charge in [-0.3, -0.25) is 0 Å². The Hall–Kier alpha value is -2.75. The number of halogens is 3. The molecule has 176 valence electrons. The largest absolute Gasteiger partial charge is 0.491 e. The van der Waals surface area contributed by atoms with Crippen molar-refractivity contribution in [3.05, 3.63) is 109 Å². The molecule has 0 aromatic rings. The number of rotatable bonds is 15. The second-order valence-electron chi connectivity index (χ2n) is 8.18. The van der Waals surface area contributed by atoms with Gasteiger partial charge in [-0.15, -0.1) is 0 Å². The van der Waals surface area contributed by atoms with E-state index in [1.807, 2.05) is 13.8 Å². The van der Waals surface area contributed by atoms with Crippen LogP contribution in [-0.2, 0) is 4.74 Å². The van der Waals surface area contributed by atoms with Crippen molar-refractivity contribution < 1.29 is 17.9 Å². The van der Waals surface area contributed by atoms with Gasteiger partial charge in [0.2, 0.25) is 5.83 Å². The molecule has 0 spiro atoms. The van der Waals surface area contributed by atoms with E-state index >= 15 is 0 Å². The minimum Gasteiger partial charge on any atom is -0.491 e. The summed E-state index contributed by atoms with van der Waals surface area (Å²) >= 11 is 0. The van der Waals surface area contributed by atoms with E-state index in [9.17, 15) is 13.2 Å². The van der Waals surface area contributed by atoms with Crippen molar-refractivity contribution in [1.29, 1.82) is 0 Å². The monoisotopic (exact) mass is 446 g/mol. The lowest BCUT2D eigenvalue weighted by Gasteiger charge is -2.14. The molecule has 0 radical (unpaired) electrons. The molecule has 0 aromatic carbocycles. The maximum atomic E-state index is 14.6. The molecule has 0 heterocycles. The van der Waals surface area contributed by atoms with Crippen molar-refractivity contribution in [1.82, 2.24) is 0 Å². The van der Waals surface area contributed by atoms with Gasteiger partial charge in [0.05, 0.1) is 6.61 Å². The summed E-state index contributed by atoms with van der Waals surface area (Å²) in [5, 5.41) is 0. The summed E-state index contributed by atoms with van der Waals surface area (Å²) in [6.07, 6.45) is 6.72.